The highest BCUT2D eigenvalue weighted by Crippen LogP contribution is 2.60. The molecule has 0 aromatic heterocycles. The van der Waals surface area contributed by atoms with E-state index in [1.807, 2.05) is 6.92 Å². The van der Waals surface area contributed by atoms with Gasteiger partial charge in [-0.3, -0.25) is 4.57 Å². The first kappa shape index (κ1) is 14.1. The van der Waals surface area contributed by atoms with Crippen molar-refractivity contribution in [1.82, 2.24) is 0 Å². The number of aliphatic hydroxyl groups is 1. The molecule has 0 heterocycles. The van der Waals surface area contributed by atoms with E-state index in [0.29, 0.717) is 6.42 Å². The van der Waals surface area contributed by atoms with E-state index in [0.717, 1.165) is 6.42 Å². The maximum Gasteiger partial charge on any atom is 0.361 e. The maximum absolute atomic E-state index is 12.1. The normalized spacial score (nSPS) is 16.6. The molecule has 1 unspecified atom stereocenters. The van der Waals surface area contributed by atoms with Gasteiger partial charge < -0.3 is 14.2 Å². The van der Waals surface area contributed by atoms with Crippen LogP contribution in [-0.2, 0) is 13.6 Å². The van der Waals surface area contributed by atoms with E-state index in [4.69, 9.17) is 9.05 Å². The third-order valence-electron chi connectivity index (χ3n) is 1.91. The van der Waals surface area contributed by atoms with Crippen molar-refractivity contribution in [3.63, 3.8) is 0 Å². The fourth-order valence-corrected chi connectivity index (χ4v) is 3.07. The summed E-state index contributed by atoms with van der Waals surface area (Å²) >= 11 is 0. The van der Waals surface area contributed by atoms with Crippen molar-refractivity contribution in [3.05, 3.63) is 0 Å². The first-order valence-corrected chi connectivity index (χ1v) is 6.59. The summed E-state index contributed by atoms with van der Waals surface area (Å²) in [5.74, 6) is 0. The Morgan fingerprint density at radius 1 is 1.21 bits per heavy atom. The van der Waals surface area contributed by atoms with Crippen LogP contribution in [0.3, 0.4) is 0 Å². The van der Waals surface area contributed by atoms with E-state index in [-0.39, 0.29) is 13.2 Å². The third kappa shape index (κ3) is 3.35. The molecule has 0 aliphatic carbocycles. The van der Waals surface area contributed by atoms with Crippen molar-refractivity contribution < 1.29 is 18.7 Å². The highest BCUT2D eigenvalue weighted by Gasteiger charge is 2.44. The second-order valence-corrected chi connectivity index (χ2v) is 5.77. The summed E-state index contributed by atoms with van der Waals surface area (Å²) in [5, 5.41) is 8.60. The van der Waals surface area contributed by atoms with Crippen molar-refractivity contribution in [2.24, 2.45) is 0 Å². The molecule has 4 nitrogen and oxygen atoms in total. The fourth-order valence-electron chi connectivity index (χ4n) is 1.27. The Balaban J connectivity index is 4.69. The molecule has 0 aromatic rings. The number of hydrogen-bond donors (Lipinski definition) is 1. The van der Waals surface area contributed by atoms with E-state index in [9.17, 15) is 9.67 Å². The first-order valence-electron chi connectivity index (χ1n) is 5.05. The quantitative estimate of drug-likeness (QED) is 0.675. The maximum atomic E-state index is 12.1. The monoisotopic (exact) mass is 224 g/mol. The summed E-state index contributed by atoms with van der Waals surface area (Å²) in [7, 11) is -3.38. The lowest BCUT2D eigenvalue weighted by Gasteiger charge is -2.30. The van der Waals surface area contributed by atoms with Gasteiger partial charge in [0.2, 0.25) is 0 Å². The van der Waals surface area contributed by atoms with Gasteiger partial charge in [-0.05, 0) is 27.2 Å². The zero-order chi connectivity index (χ0) is 11.2. The Morgan fingerprint density at radius 2 is 1.64 bits per heavy atom. The van der Waals surface area contributed by atoms with Crippen LogP contribution >= 0.6 is 7.60 Å². The molecule has 0 aliphatic rings. The molecule has 0 rings (SSSR count). The molecule has 0 aromatic carbocycles. The Hall–Kier alpha value is 0.110. The first-order chi connectivity index (χ1) is 6.43. The summed E-state index contributed by atoms with van der Waals surface area (Å²) in [5.41, 5.74) is 0. The molecular weight excluding hydrogens is 203 g/mol. The van der Waals surface area contributed by atoms with Gasteiger partial charge >= 0.3 is 7.60 Å². The highest BCUT2D eigenvalue weighted by molar-refractivity contribution is 7.55. The van der Waals surface area contributed by atoms with E-state index < -0.39 is 12.9 Å². The molecule has 86 valence electrons. The molecule has 0 fully saturated rings. The largest absolute Gasteiger partial charge is 0.377 e. The smallest absolute Gasteiger partial charge is 0.361 e. The van der Waals surface area contributed by atoms with Gasteiger partial charge in [0.15, 0.2) is 5.34 Å². The Bertz CT molecular complexity index is 193. The molecule has 0 aliphatic heterocycles. The summed E-state index contributed by atoms with van der Waals surface area (Å²) in [6, 6.07) is 0. The van der Waals surface area contributed by atoms with Crippen LogP contribution in [0, 0.1) is 0 Å². The van der Waals surface area contributed by atoms with Crippen molar-refractivity contribution in [2.45, 2.75) is 45.9 Å². The molecule has 1 atom stereocenters. The van der Waals surface area contributed by atoms with Crippen LogP contribution in [0.5, 0.6) is 0 Å². The van der Waals surface area contributed by atoms with Crippen LogP contribution in [0.15, 0.2) is 0 Å². The second kappa shape index (κ2) is 5.86. The number of hydrogen-bond acceptors (Lipinski definition) is 4. The van der Waals surface area contributed by atoms with Crippen LogP contribution in [0.1, 0.15) is 40.5 Å². The fraction of sp³-hybridized carbons (Fsp3) is 1.00. The Kier molecular flexibility index (Phi) is 5.91. The van der Waals surface area contributed by atoms with Crippen LogP contribution in [0.2, 0.25) is 0 Å². The average Bonchev–Trinajstić information content (AvgIpc) is 2.04. The molecule has 0 saturated carbocycles. The van der Waals surface area contributed by atoms with Gasteiger partial charge in [0, 0.05) is 0 Å². The van der Waals surface area contributed by atoms with Gasteiger partial charge in [0.25, 0.3) is 0 Å². The van der Waals surface area contributed by atoms with Crippen molar-refractivity contribution in [2.75, 3.05) is 13.2 Å². The van der Waals surface area contributed by atoms with Gasteiger partial charge in [-0.15, -0.1) is 0 Å². The average molecular weight is 224 g/mol. The lowest BCUT2D eigenvalue weighted by Crippen LogP contribution is -2.26. The van der Waals surface area contributed by atoms with Crippen LogP contribution < -0.4 is 0 Å². The summed E-state index contributed by atoms with van der Waals surface area (Å²) in [6.07, 6.45) is 1.14. The minimum Gasteiger partial charge on any atom is -0.377 e. The predicted octanol–water partition coefficient (Wildman–Crippen LogP) is 2.76. The van der Waals surface area contributed by atoms with Crippen molar-refractivity contribution >= 4 is 7.60 Å². The molecule has 0 amide bonds. The van der Waals surface area contributed by atoms with E-state index in [2.05, 4.69) is 0 Å². The summed E-state index contributed by atoms with van der Waals surface area (Å²) in [6.45, 7) is 7.43. The molecule has 0 bridgehead atoms. The van der Waals surface area contributed by atoms with Crippen LogP contribution in [0.25, 0.3) is 0 Å². The minimum atomic E-state index is -3.38. The molecule has 5 heteroatoms. The lowest BCUT2D eigenvalue weighted by atomic mass is 10.2. The zero-order valence-electron chi connectivity index (χ0n) is 9.45. The van der Waals surface area contributed by atoms with E-state index in [1.54, 1.807) is 13.8 Å². The number of rotatable bonds is 7. The zero-order valence-corrected chi connectivity index (χ0v) is 10.3. The van der Waals surface area contributed by atoms with Gasteiger partial charge in [0.05, 0.1) is 13.2 Å². The van der Waals surface area contributed by atoms with Gasteiger partial charge in [0.1, 0.15) is 0 Å². The summed E-state index contributed by atoms with van der Waals surface area (Å²) < 4.78 is 22.3. The molecule has 0 radical (unpaired) electrons. The Morgan fingerprint density at radius 3 is 1.93 bits per heavy atom. The molecule has 1 N–H and O–H groups in total. The van der Waals surface area contributed by atoms with Crippen LogP contribution in [-0.4, -0.2) is 23.7 Å². The highest BCUT2D eigenvalue weighted by atomic mass is 31.2. The van der Waals surface area contributed by atoms with Crippen molar-refractivity contribution in [3.8, 4) is 0 Å². The van der Waals surface area contributed by atoms with Crippen LogP contribution in [0.4, 0.5) is 0 Å². The van der Waals surface area contributed by atoms with Crippen molar-refractivity contribution in [1.29, 1.82) is 0 Å². The molecule has 0 saturated heterocycles. The molecule has 14 heavy (non-hydrogen) atoms. The SMILES string of the molecule is CCCC(C)(O)P(=O)(OCC)OCC. The lowest BCUT2D eigenvalue weighted by molar-refractivity contribution is 0.0742. The van der Waals surface area contributed by atoms with Gasteiger partial charge in [-0.25, -0.2) is 0 Å². The van der Waals surface area contributed by atoms with Gasteiger partial charge in [-0.1, -0.05) is 13.3 Å². The standard InChI is InChI=1S/C9H21O4P/c1-5-8-9(4,10)14(11,12-6-2)13-7-3/h10H,5-8H2,1-4H3. The van der Waals surface area contributed by atoms with E-state index >= 15 is 0 Å². The second-order valence-electron chi connectivity index (χ2n) is 3.30. The van der Waals surface area contributed by atoms with E-state index in [1.165, 1.54) is 6.92 Å². The third-order valence-corrected chi connectivity index (χ3v) is 4.51. The minimum absolute atomic E-state index is 0.275. The molecular formula is C9H21O4P. The predicted molar refractivity (Wildman–Crippen MR) is 56.4 cm³/mol. The Labute approximate surface area is 86.1 Å². The van der Waals surface area contributed by atoms with Gasteiger partial charge in [-0.2, -0.15) is 0 Å². The topological polar surface area (TPSA) is 55.8 Å². The summed E-state index contributed by atoms with van der Waals surface area (Å²) in [4.78, 5) is 0. The molecule has 0 spiro atoms.